The number of ether oxygens (including phenoxy) is 1. The second kappa shape index (κ2) is 8.17. The standard InChI is InChI=1S/C20H27N3O3/c1-7-15(8-2)26-18-16(19(24)25)11-21-20(22-18)23(6)17-13(4)9-12(3)10-14(17)5/h9-11,15H,7-8H2,1-6H3,(H,24,25). The van der Waals surface area contributed by atoms with E-state index in [9.17, 15) is 9.90 Å². The fourth-order valence-electron chi connectivity index (χ4n) is 3.17. The molecule has 0 aliphatic heterocycles. The fraction of sp³-hybridized carbons (Fsp3) is 0.450. The summed E-state index contributed by atoms with van der Waals surface area (Å²) in [6.45, 7) is 10.1. The van der Waals surface area contributed by atoms with E-state index in [1.165, 1.54) is 11.8 Å². The first-order valence-corrected chi connectivity index (χ1v) is 8.87. The van der Waals surface area contributed by atoms with Crippen LogP contribution in [-0.2, 0) is 0 Å². The Morgan fingerprint density at radius 2 is 1.77 bits per heavy atom. The van der Waals surface area contributed by atoms with Crippen LogP contribution in [0.1, 0.15) is 53.7 Å². The number of rotatable bonds is 7. The molecule has 1 N–H and O–H groups in total. The molecule has 1 aromatic carbocycles. The van der Waals surface area contributed by atoms with E-state index in [0.29, 0.717) is 5.95 Å². The summed E-state index contributed by atoms with van der Waals surface area (Å²) in [6, 6.07) is 4.21. The maximum atomic E-state index is 11.5. The van der Waals surface area contributed by atoms with Gasteiger partial charge in [0.25, 0.3) is 0 Å². The third kappa shape index (κ3) is 4.12. The van der Waals surface area contributed by atoms with Crippen molar-refractivity contribution in [1.29, 1.82) is 0 Å². The summed E-state index contributed by atoms with van der Waals surface area (Å²) < 4.78 is 5.85. The molecule has 6 heteroatoms. The zero-order valence-electron chi connectivity index (χ0n) is 16.3. The van der Waals surface area contributed by atoms with Crippen LogP contribution in [0.3, 0.4) is 0 Å². The number of carboxylic acid groups (broad SMARTS) is 1. The van der Waals surface area contributed by atoms with E-state index >= 15 is 0 Å². The highest BCUT2D eigenvalue weighted by molar-refractivity contribution is 5.90. The molecule has 0 unspecified atom stereocenters. The highest BCUT2D eigenvalue weighted by Crippen LogP contribution is 2.31. The summed E-state index contributed by atoms with van der Waals surface area (Å²) in [7, 11) is 1.88. The summed E-state index contributed by atoms with van der Waals surface area (Å²) in [5, 5.41) is 9.42. The van der Waals surface area contributed by atoms with E-state index < -0.39 is 5.97 Å². The van der Waals surface area contributed by atoms with Gasteiger partial charge in [-0.25, -0.2) is 9.78 Å². The van der Waals surface area contributed by atoms with Gasteiger partial charge >= 0.3 is 5.97 Å². The van der Waals surface area contributed by atoms with Gasteiger partial charge in [0.05, 0.1) is 12.3 Å². The molecule has 0 saturated heterocycles. The Hall–Kier alpha value is -2.63. The molecule has 2 aromatic rings. The normalized spacial score (nSPS) is 10.9. The Bertz CT molecular complexity index is 778. The molecule has 0 amide bonds. The highest BCUT2D eigenvalue weighted by Gasteiger charge is 2.21. The van der Waals surface area contributed by atoms with Gasteiger partial charge in [-0.2, -0.15) is 4.98 Å². The van der Waals surface area contributed by atoms with Gasteiger partial charge in [-0.1, -0.05) is 31.5 Å². The number of nitrogens with zero attached hydrogens (tertiary/aromatic N) is 3. The molecule has 0 bridgehead atoms. The third-order valence-corrected chi connectivity index (χ3v) is 4.43. The van der Waals surface area contributed by atoms with E-state index in [1.807, 2.05) is 39.6 Å². The van der Waals surface area contributed by atoms with Gasteiger partial charge < -0.3 is 14.7 Å². The SMILES string of the molecule is CCC(CC)Oc1nc(N(C)c2c(C)cc(C)cc2C)ncc1C(=O)O. The molecule has 2 rings (SSSR count). The molecule has 1 heterocycles. The minimum Gasteiger partial charge on any atom is -0.477 e. The van der Waals surface area contributed by atoms with Gasteiger partial charge in [0, 0.05) is 12.7 Å². The Morgan fingerprint density at radius 3 is 2.27 bits per heavy atom. The lowest BCUT2D eigenvalue weighted by Crippen LogP contribution is -2.20. The van der Waals surface area contributed by atoms with Gasteiger partial charge in [-0.3, -0.25) is 0 Å². The Morgan fingerprint density at radius 1 is 1.19 bits per heavy atom. The summed E-state index contributed by atoms with van der Waals surface area (Å²) in [5.41, 5.74) is 4.40. The first-order valence-electron chi connectivity index (χ1n) is 8.87. The number of carbonyl (C=O) groups is 1. The zero-order chi connectivity index (χ0) is 19.4. The smallest absolute Gasteiger partial charge is 0.342 e. The van der Waals surface area contributed by atoms with Gasteiger partial charge in [0.15, 0.2) is 0 Å². The van der Waals surface area contributed by atoms with Crippen LogP contribution in [0.15, 0.2) is 18.3 Å². The molecule has 0 fully saturated rings. The predicted octanol–water partition coefficient (Wildman–Crippen LogP) is 4.44. The average molecular weight is 357 g/mol. The lowest BCUT2D eigenvalue weighted by Gasteiger charge is -2.23. The molecule has 0 spiro atoms. The molecular weight excluding hydrogens is 330 g/mol. The van der Waals surface area contributed by atoms with Crippen LogP contribution in [0.2, 0.25) is 0 Å². The van der Waals surface area contributed by atoms with Gasteiger partial charge in [-0.05, 0) is 44.7 Å². The Kier molecular flexibility index (Phi) is 6.18. The summed E-state index contributed by atoms with van der Waals surface area (Å²) in [5.74, 6) is -0.570. The lowest BCUT2D eigenvalue weighted by atomic mass is 10.0. The average Bonchev–Trinajstić information content (AvgIpc) is 2.58. The van der Waals surface area contributed by atoms with Crippen molar-refractivity contribution in [2.24, 2.45) is 0 Å². The summed E-state index contributed by atoms with van der Waals surface area (Å²) in [6.07, 6.45) is 2.79. The predicted molar refractivity (Wildman–Crippen MR) is 103 cm³/mol. The van der Waals surface area contributed by atoms with Crippen molar-refractivity contribution < 1.29 is 14.6 Å². The molecule has 0 aliphatic rings. The van der Waals surface area contributed by atoms with Crippen LogP contribution in [0, 0.1) is 20.8 Å². The first kappa shape index (κ1) is 19.7. The van der Waals surface area contributed by atoms with Crippen molar-refractivity contribution >= 4 is 17.6 Å². The van der Waals surface area contributed by atoms with Crippen LogP contribution < -0.4 is 9.64 Å². The van der Waals surface area contributed by atoms with Gasteiger partial charge in [0.2, 0.25) is 11.8 Å². The number of aryl methyl sites for hydroxylation is 3. The minimum atomic E-state index is -1.09. The number of hydrogen-bond acceptors (Lipinski definition) is 5. The molecule has 6 nitrogen and oxygen atoms in total. The van der Waals surface area contributed by atoms with Crippen molar-refractivity contribution in [2.45, 2.75) is 53.6 Å². The fourth-order valence-corrected chi connectivity index (χ4v) is 3.17. The second-order valence-corrected chi connectivity index (χ2v) is 6.56. The van der Waals surface area contributed by atoms with Crippen LogP contribution in [0.25, 0.3) is 0 Å². The summed E-state index contributed by atoms with van der Waals surface area (Å²) >= 11 is 0. The Labute approximate surface area is 154 Å². The maximum absolute atomic E-state index is 11.5. The van der Waals surface area contributed by atoms with Crippen LogP contribution in [0.5, 0.6) is 5.88 Å². The van der Waals surface area contributed by atoms with Crippen molar-refractivity contribution in [3.63, 3.8) is 0 Å². The van der Waals surface area contributed by atoms with Crippen LogP contribution in [0.4, 0.5) is 11.6 Å². The molecule has 0 atom stereocenters. The number of aromatic nitrogens is 2. The molecule has 0 saturated carbocycles. The maximum Gasteiger partial charge on any atom is 0.342 e. The van der Waals surface area contributed by atoms with Crippen molar-refractivity contribution in [3.05, 3.63) is 40.6 Å². The molecule has 140 valence electrons. The van der Waals surface area contributed by atoms with Crippen molar-refractivity contribution in [2.75, 3.05) is 11.9 Å². The van der Waals surface area contributed by atoms with E-state index in [-0.39, 0.29) is 17.5 Å². The number of carboxylic acids is 1. The molecule has 1 aromatic heterocycles. The topological polar surface area (TPSA) is 75.5 Å². The van der Waals surface area contributed by atoms with Crippen molar-refractivity contribution in [3.8, 4) is 5.88 Å². The van der Waals surface area contributed by atoms with E-state index in [1.54, 1.807) is 0 Å². The summed E-state index contributed by atoms with van der Waals surface area (Å²) in [4.78, 5) is 22.1. The quantitative estimate of drug-likeness (QED) is 0.790. The van der Waals surface area contributed by atoms with Crippen LogP contribution >= 0.6 is 0 Å². The number of aromatic carboxylic acids is 1. The largest absolute Gasteiger partial charge is 0.477 e. The lowest BCUT2D eigenvalue weighted by molar-refractivity contribution is 0.0686. The number of anilines is 2. The number of benzene rings is 1. The number of hydrogen-bond donors (Lipinski definition) is 1. The molecular formula is C20H27N3O3. The zero-order valence-corrected chi connectivity index (χ0v) is 16.3. The monoisotopic (exact) mass is 357 g/mol. The van der Waals surface area contributed by atoms with E-state index in [0.717, 1.165) is 29.7 Å². The second-order valence-electron chi connectivity index (χ2n) is 6.56. The Balaban J connectivity index is 2.48. The van der Waals surface area contributed by atoms with Gasteiger partial charge in [-0.15, -0.1) is 0 Å². The molecule has 0 radical (unpaired) electrons. The first-order chi connectivity index (χ1) is 12.3. The molecule has 0 aliphatic carbocycles. The molecule has 26 heavy (non-hydrogen) atoms. The van der Waals surface area contributed by atoms with Crippen molar-refractivity contribution in [1.82, 2.24) is 9.97 Å². The van der Waals surface area contributed by atoms with E-state index in [4.69, 9.17) is 4.74 Å². The van der Waals surface area contributed by atoms with E-state index in [2.05, 4.69) is 29.0 Å². The van der Waals surface area contributed by atoms with Crippen LogP contribution in [-0.4, -0.2) is 34.2 Å². The highest BCUT2D eigenvalue weighted by atomic mass is 16.5. The minimum absolute atomic E-state index is 0.0219. The third-order valence-electron chi connectivity index (χ3n) is 4.43. The van der Waals surface area contributed by atoms with Gasteiger partial charge in [0.1, 0.15) is 5.56 Å².